The SMILES string of the molecule is CN=C(NCc1cccc(CN(C)C)c1)NCC1CCCOC1C(C)(C)C.I. The second-order valence-electron chi connectivity index (χ2n) is 8.92. The van der Waals surface area contributed by atoms with Gasteiger partial charge >= 0.3 is 0 Å². The van der Waals surface area contributed by atoms with E-state index in [1.54, 1.807) is 0 Å². The molecule has 0 aliphatic carbocycles. The number of rotatable bonds is 6. The molecular weight excluding hydrogens is 463 g/mol. The fraction of sp³-hybridized carbons (Fsp3) is 0.682. The Labute approximate surface area is 188 Å². The second-order valence-corrected chi connectivity index (χ2v) is 8.92. The van der Waals surface area contributed by atoms with Gasteiger partial charge in [0.2, 0.25) is 0 Å². The summed E-state index contributed by atoms with van der Waals surface area (Å²) < 4.78 is 6.09. The molecule has 1 aromatic rings. The van der Waals surface area contributed by atoms with E-state index in [1.165, 1.54) is 17.5 Å². The zero-order valence-corrected chi connectivity index (χ0v) is 20.7. The third-order valence-electron chi connectivity index (χ3n) is 5.00. The molecule has 1 aliphatic heterocycles. The fourth-order valence-corrected chi connectivity index (χ4v) is 3.85. The number of halogens is 1. The summed E-state index contributed by atoms with van der Waals surface area (Å²) >= 11 is 0. The molecular formula is C22H39IN4O. The Bertz CT molecular complexity index is 613. The molecule has 0 bridgehead atoms. The highest BCUT2D eigenvalue weighted by atomic mass is 127. The quantitative estimate of drug-likeness (QED) is 0.352. The molecule has 0 saturated carbocycles. The Balaban J connectivity index is 0.00000392. The highest BCUT2D eigenvalue weighted by molar-refractivity contribution is 14.0. The van der Waals surface area contributed by atoms with E-state index in [4.69, 9.17) is 4.74 Å². The van der Waals surface area contributed by atoms with E-state index in [-0.39, 0.29) is 29.4 Å². The first-order chi connectivity index (χ1) is 12.8. The van der Waals surface area contributed by atoms with Gasteiger partial charge in [-0.2, -0.15) is 0 Å². The van der Waals surface area contributed by atoms with Crippen LogP contribution in [0, 0.1) is 11.3 Å². The van der Waals surface area contributed by atoms with Crippen molar-refractivity contribution in [3.05, 3.63) is 35.4 Å². The minimum Gasteiger partial charge on any atom is -0.377 e. The van der Waals surface area contributed by atoms with Crippen molar-refractivity contribution in [1.29, 1.82) is 0 Å². The van der Waals surface area contributed by atoms with Crippen LogP contribution in [0.3, 0.4) is 0 Å². The van der Waals surface area contributed by atoms with Crippen molar-refractivity contribution in [2.75, 3.05) is 34.3 Å². The molecule has 1 aromatic carbocycles. The summed E-state index contributed by atoms with van der Waals surface area (Å²) in [5.41, 5.74) is 2.76. The van der Waals surface area contributed by atoms with Crippen molar-refractivity contribution in [1.82, 2.24) is 15.5 Å². The molecule has 5 nitrogen and oxygen atoms in total. The van der Waals surface area contributed by atoms with Gasteiger partial charge in [-0.15, -0.1) is 24.0 Å². The molecule has 0 spiro atoms. The van der Waals surface area contributed by atoms with Gasteiger partial charge in [-0.05, 0) is 43.5 Å². The molecule has 2 N–H and O–H groups in total. The number of nitrogens with zero attached hydrogens (tertiary/aromatic N) is 2. The van der Waals surface area contributed by atoms with E-state index in [0.29, 0.717) is 12.0 Å². The van der Waals surface area contributed by atoms with Crippen LogP contribution in [0.1, 0.15) is 44.7 Å². The lowest BCUT2D eigenvalue weighted by atomic mass is 9.78. The van der Waals surface area contributed by atoms with Crippen LogP contribution in [0.25, 0.3) is 0 Å². The van der Waals surface area contributed by atoms with Gasteiger partial charge in [0.15, 0.2) is 5.96 Å². The molecule has 2 unspecified atom stereocenters. The first-order valence-corrected chi connectivity index (χ1v) is 10.1. The van der Waals surface area contributed by atoms with Gasteiger partial charge in [0.25, 0.3) is 0 Å². The molecule has 1 fully saturated rings. The monoisotopic (exact) mass is 502 g/mol. The number of hydrogen-bond donors (Lipinski definition) is 2. The standard InChI is InChI=1S/C22H38N4O.HI/c1-22(2,3)20-19(11-8-12-27-20)15-25-21(23-4)24-14-17-9-7-10-18(13-17)16-26(5)6;/h7,9-10,13,19-20H,8,11-12,14-16H2,1-6H3,(H2,23,24,25);1H. The van der Waals surface area contributed by atoms with Crippen molar-refractivity contribution >= 4 is 29.9 Å². The van der Waals surface area contributed by atoms with Crippen molar-refractivity contribution < 1.29 is 4.74 Å². The van der Waals surface area contributed by atoms with Gasteiger partial charge in [-0.1, -0.05) is 45.0 Å². The van der Waals surface area contributed by atoms with Crippen LogP contribution >= 0.6 is 24.0 Å². The smallest absolute Gasteiger partial charge is 0.191 e. The normalized spacial score (nSPS) is 20.6. The first-order valence-electron chi connectivity index (χ1n) is 10.1. The van der Waals surface area contributed by atoms with Crippen LogP contribution in [0.5, 0.6) is 0 Å². The molecule has 1 heterocycles. The summed E-state index contributed by atoms with van der Waals surface area (Å²) in [7, 11) is 6.02. The van der Waals surface area contributed by atoms with Crippen molar-refractivity contribution in [2.24, 2.45) is 16.3 Å². The minimum absolute atomic E-state index is 0. The number of aliphatic imine (C=N–C) groups is 1. The zero-order valence-electron chi connectivity index (χ0n) is 18.4. The molecule has 1 saturated heterocycles. The van der Waals surface area contributed by atoms with E-state index in [0.717, 1.165) is 38.6 Å². The van der Waals surface area contributed by atoms with Crippen LogP contribution in [-0.2, 0) is 17.8 Å². The highest BCUT2D eigenvalue weighted by Gasteiger charge is 2.35. The lowest BCUT2D eigenvalue weighted by molar-refractivity contribution is -0.0835. The number of benzene rings is 1. The molecule has 1 aliphatic rings. The third-order valence-corrected chi connectivity index (χ3v) is 5.00. The Hall–Kier alpha value is -0.860. The van der Waals surface area contributed by atoms with Crippen LogP contribution in [0.2, 0.25) is 0 Å². The van der Waals surface area contributed by atoms with Gasteiger partial charge < -0.3 is 20.3 Å². The van der Waals surface area contributed by atoms with E-state index in [9.17, 15) is 0 Å². The van der Waals surface area contributed by atoms with E-state index in [2.05, 4.69) is 79.7 Å². The number of ether oxygens (including phenoxy) is 1. The second kappa shape index (κ2) is 12.0. The lowest BCUT2D eigenvalue weighted by Gasteiger charge is -2.40. The van der Waals surface area contributed by atoms with Crippen LogP contribution < -0.4 is 10.6 Å². The molecule has 2 rings (SSSR count). The number of guanidine groups is 1. The van der Waals surface area contributed by atoms with Crippen molar-refractivity contribution in [3.63, 3.8) is 0 Å². The van der Waals surface area contributed by atoms with Crippen LogP contribution in [-0.4, -0.2) is 51.3 Å². The van der Waals surface area contributed by atoms with Gasteiger partial charge in [-0.3, -0.25) is 4.99 Å². The Morgan fingerprint density at radius 2 is 1.93 bits per heavy atom. The van der Waals surface area contributed by atoms with Gasteiger partial charge in [0.1, 0.15) is 0 Å². The molecule has 0 aromatic heterocycles. The largest absolute Gasteiger partial charge is 0.377 e. The number of hydrogen-bond acceptors (Lipinski definition) is 3. The predicted octanol–water partition coefficient (Wildman–Crippen LogP) is 3.87. The van der Waals surface area contributed by atoms with Gasteiger partial charge in [-0.25, -0.2) is 0 Å². The summed E-state index contributed by atoms with van der Waals surface area (Å²) in [4.78, 5) is 6.58. The maximum atomic E-state index is 6.09. The number of nitrogens with one attached hydrogen (secondary N) is 2. The molecule has 0 amide bonds. The average molecular weight is 502 g/mol. The Morgan fingerprint density at radius 3 is 2.57 bits per heavy atom. The summed E-state index contributed by atoms with van der Waals surface area (Å²) in [5.74, 6) is 1.37. The Morgan fingerprint density at radius 1 is 1.21 bits per heavy atom. The van der Waals surface area contributed by atoms with E-state index in [1.807, 2.05) is 7.05 Å². The highest BCUT2D eigenvalue weighted by Crippen LogP contribution is 2.33. The summed E-state index contributed by atoms with van der Waals surface area (Å²) in [6.45, 7) is 10.3. The minimum atomic E-state index is 0. The maximum Gasteiger partial charge on any atom is 0.191 e. The lowest BCUT2D eigenvalue weighted by Crippen LogP contribution is -2.47. The Kier molecular flexibility index (Phi) is 10.8. The van der Waals surface area contributed by atoms with Crippen molar-refractivity contribution in [3.8, 4) is 0 Å². The van der Waals surface area contributed by atoms with Gasteiger partial charge in [0.05, 0.1) is 6.10 Å². The van der Waals surface area contributed by atoms with Crippen LogP contribution in [0.15, 0.2) is 29.3 Å². The summed E-state index contributed by atoms with van der Waals surface area (Å²) in [6, 6.07) is 8.71. The zero-order chi connectivity index (χ0) is 19.9. The average Bonchev–Trinajstić information content (AvgIpc) is 2.61. The summed E-state index contributed by atoms with van der Waals surface area (Å²) in [5, 5.41) is 6.95. The first kappa shape index (κ1) is 25.2. The van der Waals surface area contributed by atoms with Gasteiger partial charge in [0, 0.05) is 39.2 Å². The molecule has 28 heavy (non-hydrogen) atoms. The van der Waals surface area contributed by atoms with E-state index < -0.39 is 0 Å². The van der Waals surface area contributed by atoms with E-state index >= 15 is 0 Å². The molecule has 6 heteroatoms. The van der Waals surface area contributed by atoms with Crippen LogP contribution in [0.4, 0.5) is 0 Å². The topological polar surface area (TPSA) is 48.9 Å². The maximum absolute atomic E-state index is 6.09. The fourth-order valence-electron chi connectivity index (χ4n) is 3.85. The molecule has 160 valence electrons. The molecule has 2 atom stereocenters. The molecule has 0 radical (unpaired) electrons. The summed E-state index contributed by atoms with van der Waals surface area (Å²) in [6.07, 6.45) is 2.64. The van der Waals surface area contributed by atoms with Crippen molar-refractivity contribution in [2.45, 2.75) is 52.8 Å². The third kappa shape index (κ3) is 8.25. The predicted molar refractivity (Wildman–Crippen MR) is 129 cm³/mol.